The van der Waals surface area contributed by atoms with Crippen molar-refractivity contribution in [3.8, 4) is 0 Å². The molecule has 0 saturated carbocycles. The number of benzene rings is 1. The summed E-state index contributed by atoms with van der Waals surface area (Å²) in [4.78, 5) is 30.7. The first-order valence-electron chi connectivity index (χ1n) is 9.73. The van der Waals surface area contributed by atoms with Gasteiger partial charge in [-0.05, 0) is 30.4 Å². The van der Waals surface area contributed by atoms with Crippen LogP contribution in [0.3, 0.4) is 0 Å². The molecule has 37 heavy (non-hydrogen) atoms. The molecule has 18 heteroatoms. The van der Waals surface area contributed by atoms with E-state index < -0.39 is 31.8 Å². The Morgan fingerprint density at radius 2 is 1.76 bits per heavy atom. The van der Waals surface area contributed by atoms with Crippen LogP contribution in [0.4, 0.5) is 5.13 Å². The normalized spacial score (nSPS) is 11.6. The fraction of sp³-hybridized carbons (Fsp3) is 0.211. The number of carboxylic acid groups (broad SMARTS) is 2. The zero-order valence-corrected chi connectivity index (χ0v) is 22.4. The highest BCUT2D eigenvalue weighted by Gasteiger charge is 2.15. The number of sulfonamides is 1. The average Bonchev–Trinajstić information content (AvgIpc) is 3.23. The van der Waals surface area contributed by atoms with Gasteiger partial charge in [0, 0.05) is 29.7 Å². The number of aromatic nitrogens is 1. The number of nitrogens with two attached hydrogens (primary N) is 2. The Kier molecular flexibility index (Phi) is 12.7. The molecule has 0 radical (unpaired) electrons. The van der Waals surface area contributed by atoms with Crippen molar-refractivity contribution in [2.75, 3.05) is 18.6 Å². The zero-order chi connectivity index (χ0) is 28.1. The maximum Gasteiger partial charge on any atom is 0.262 e. The molecule has 0 saturated heterocycles. The number of carbonyl (C=O) groups excluding carboxylic acids is 2. The van der Waals surface area contributed by atoms with Gasteiger partial charge in [-0.2, -0.15) is 16.8 Å². The van der Waals surface area contributed by atoms with Gasteiger partial charge < -0.3 is 31.3 Å². The lowest BCUT2D eigenvalue weighted by atomic mass is 10.4. The molecule has 202 valence electrons. The standard InChI is InChI=1S/C15H20N6O4S4.C4H4O4/c1-28(22,23)12-3-2-4-13(7-12)29(24,25)19-10-18-5-6-26-8-11-9-27-15(20-11)21-14(16)17;5-3(6)1-2-4(7)8/h2-4,7,9-10H,5-6,8H2,1H3,(H,18,19)(H4,16,17,20,21);1-2H,(H,5,6)(H,7,8)/p-2/b;2-1+. The number of guanidine groups is 1. The Hall–Kier alpha value is -3.48. The lowest BCUT2D eigenvalue weighted by molar-refractivity contribution is -0.301. The lowest BCUT2D eigenvalue weighted by Crippen LogP contribution is -2.23. The van der Waals surface area contributed by atoms with E-state index in [2.05, 4.69) is 19.7 Å². The molecular weight excluding hydrogens is 569 g/mol. The quantitative estimate of drug-likeness (QED) is 0.102. The average molecular weight is 591 g/mol. The second kappa shape index (κ2) is 14.9. The Morgan fingerprint density at radius 1 is 1.14 bits per heavy atom. The highest BCUT2D eigenvalue weighted by Crippen LogP contribution is 2.21. The first kappa shape index (κ1) is 31.5. The molecule has 2 aromatic rings. The topological polar surface area (TPSA) is 250 Å². The Balaban J connectivity index is 0.000000738. The minimum absolute atomic E-state index is 0.0432. The third kappa shape index (κ3) is 13.4. The van der Waals surface area contributed by atoms with Gasteiger partial charge in [-0.15, -0.1) is 11.3 Å². The maximum atomic E-state index is 12.2. The molecule has 0 amide bonds. The second-order valence-electron chi connectivity index (χ2n) is 6.59. The van der Waals surface area contributed by atoms with Crippen molar-refractivity contribution in [2.24, 2.45) is 21.5 Å². The van der Waals surface area contributed by atoms with Crippen LogP contribution in [0, 0.1) is 0 Å². The largest absolute Gasteiger partial charge is 0.545 e. The number of nitrogens with one attached hydrogen (secondary N) is 1. The number of rotatable bonds is 12. The molecule has 0 unspecified atom stereocenters. The molecule has 2 rings (SSSR count). The van der Waals surface area contributed by atoms with E-state index in [4.69, 9.17) is 11.5 Å². The van der Waals surface area contributed by atoms with E-state index >= 15 is 0 Å². The van der Waals surface area contributed by atoms with Crippen LogP contribution in [0.5, 0.6) is 0 Å². The summed E-state index contributed by atoms with van der Waals surface area (Å²) in [6, 6.07) is 5.12. The van der Waals surface area contributed by atoms with Gasteiger partial charge in [-0.1, -0.05) is 6.07 Å². The van der Waals surface area contributed by atoms with Crippen molar-refractivity contribution in [1.29, 1.82) is 0 Å². The van der Waals surface area contributed by atoms with E-state index in [1.54, 1.807) is 11.8 Å². The van der Waals surface area contributed by atoms with Crippen LogP contribution < -0.4 is 26.4 Å². The van der Waals surface area contributed by atoms with Gasteiger partial charge in [0.1, 0.15) is 0 Å². The highest BCUT2D eigenvalue weighted by atomic mass is 32.2. The molecular formula is C19H22N6O8S4-2. The maximum absolute atomic E-state index is 12.2. The number of thiazole rings is 1. The lowest BCUT2D eigenvalue weighted by Gasteiger charge is -2.05. The molecule has 0 spiro atoms. The fourth-order valence-electron chi connectivity index (χ4n) is 2.07. The Labute approximate surface area is 221 Å². The van der Waals surface area contributed by atoms with Gasteiger partial charge in [-0.3, -0.25) is 9.71 Å². The SMILES string of the molecule is CS(=O)(=O)c1cccc(S(=O)(=O)NC=NCCSCc2csc(N=C(N)N)n2)c1.O=C([O-])/C=C/C(=O)[O-]. The molecule has 0 aliphatic rings. The molecule has 5 N–H and O–H groups in total. The van der Waals surface area contributed by atoms with Crippen LogP contribution in [0.2, 0.25) is 0 Å². The summed E-state index contributed by atoms with van der Waals surface area (Å²) in [5.74, 6) is -1.84. The number of aliphatic imine (C=N–C) groups is 2. The summed E-state index contributed by atoms with van der Waals surface area (Å²) < 4.78 is 49.8. The van der Waals surface area contributed by atoms with Crippen molar-refractivity contribution in [1.82, 2.24) is 9.71 Å². The molecule has 1 aromatic carbocycles. The summed E-state index contributed by atoms with van der Waals surface area (Å²) >= 11 is 2.91. The van der Waals surface area contributed by atoms with Gasteiger partial charge in [0.2, 0.25) is 5.13 Å². The minimum Gasteiger partial charge on any atom is -0.545 e. The summed E-state index contributed by atoms with van der Waals surface area (Å²) in [6.45, 7) is 0.390. The summed E-state index contributed by atoms with van der Waals surface area (Å²) in [7, 11) is -7.40. The van der Waals surface area contributed by atoms with E-state index in [0.717, 1.165) is 24.4 Å². The molecule has 0 aliphatic heterocycles. The number of sulfone groups is 1. The molecule has 1 heterocycles. The van der Waals surface area contributed by atoms with Crippen LogP contribution in [-0.2, 0) is 35.2 Å². The molecule has 1 aromatic heterocycles. The van der Waals surface area contributed by atoms with E-state index in [1.807, 2.05) is 5.38 Å². The number of nitrogens with zero attached hydrogens (tertiary/aromatic N) is 3. The summed E-state index contributed by atoms with van der Waals surface area (Å²) in [5, 5.41) is 21.2. The predicted octanol–water partition coefficient (Wildman–Crippen LogP) is -2.27. The molecule has 0 bridgehead atoms. The van der Waals surface area contributed by atoms with E-state index in [-0.39, 0.29) is 15.8 Å². The predicted molar refractivity (Wildman–Crippen MR) is 136 cm³/mol. The van der Waals surface area contributed by atoms with Gasteiger partial charge in [-0.25, -0.2) is 21.8 Å². The Bertz CT molecular complexity index is 1360. The second-order valence-corrected chi connectivity index (χ2v) is 12.3. The third-order valence-electron chi connectivity index (χ3n) is 3.58. The molecule has 0 atom stereocenters. The van der Waals surface area contributed by atoms with Gasteiger partial charge >= 0.3 is 0 Å². The van der Waals surface area contributed by atoms with Crippen molar-refractivity contribution < 1.29 is 36.6 Å². The van der Waals surface area contributed by atoms with Crippen molar-refractivity contribution >= 4 is 72.3 Å². The van der Waals surface area contributed by atoms with E-state index in [9.17, 15) is 36.6 Å². The van der Waals surface area contributed by atoms with Crippen LogP contribution in [0.1, 0.15) is 5.69 Å². The third-order valence-corrected chi connectivity index (χ3v) is 7.73. The number of carbonyl (C=O) groups is 2. The summed E-state index contributed by atoms with van der Waals surface area (Å²) in [6.07, 6.45) is 2.87. The van der Waals surface area contributed by atoms with Crippen LogP contribution in [-0.4, -0.2) is 64.6 Å². The van der Waals surface area contributed by atoms with E-state index in [1.165, 1.54) is 29.5 Å². The van der Waals surface area contributed by atoms with Gasteiger partial charge in [0.25, 0.3) is 10.0 Å². The smallest absolute Gasteiger partial charge is 0.262 e. The Morgan fingerprint density at radius 3 is 2.32 bits per heavy atom. The number of thioether (sulfide) groups is 1. The fourth-order valence-corrected chi connectivity index (χ4v) is 5.24. The van der Waals surface area contributed by atoms with Crippen LogP contribution in [0.25, 0.3) is 0 Å². The van der Waals surface area contributed by atoms with Crippen LogP contribution >= 0.6 is 23.1 Å². The first-order valence-corrected chi connectivity index (χ1v) is 15.1. The molecule has 14 nitrogen and oxygen atoms in total. The molecule has 0 aliphatic carbocycles. The number of carboxylic acids is 2. The zero-order valence-electron chi connectivity index (χ0n) is 19.1. The summed E-state index contributed by atoms with van der Waals surface area (Å²) in [5.41, 5.74) is 11.4. The van der Waals surface area contributed by atoms with Crippen molar-refractivity contribution in [3.05, 3.63) is 47.5 Å². The number of aliphatic carboxylic acids is 2. The highest BCUT2D eigenvalue weighted by molar-refractivity contribution is 7.98. The van der Waals surface area contributed by atoms with Gasteiger partial charge in [0.05, 0.1) is 33.8 Å². The molecule has 0 fully saturated rings. The van der Waals surface area contributed by atoms with E-state index in [0.29, 0.717) is 35.3 Å². The van der Waals surface area contributed by atoms with Crippen molar-refractivity contribution in [3.63, 3.8) is 0 Å². The monoisotopic (exact) mass is 590 g/mol. The first-order chi connectivity index (χ1) is 17.2. The van der Waals surface area contributed by atoms with Gasteiger partial charge in [0.15, 0.2) is 15.8 Å². The van der Waals surface area contributed by atoms with Crippen LogP contribution in [0.15, 0.2) is 61.6 Å². The number of hydrogen-bond acceptors (Lipinski definition) is 13. The number of hydrogen-bond donors (Lipinski definition) is 3. The van der Waals surface area contributed by atoms with Crippen molar-refractivity contribution in [2.45, 2.75) is 15.5 Å². The minimum atomic E-state index is -3.90.